The van der Waals surface area contributed by atoms with Crippen LogP contribution in [0.5, 0.6) is 0 Å². The van der Waals surface area contributed by atoms with Crippen molar-refractivity contribution in [1.82, 2.24) is 0 Å². The van der Waals surface area contributed by atoms with Gasteiger partial charge in [0.1, 0.15) is 0 Å². The fourth-order valence-corrected chi connectivity index (χ4v) is 3.86. The normalized spacial score (nSPS) is 12.0. The zero-order valence-corrected chi connectivity index (χ0v) is 12.9. The van der Waals surface area contributed by atoms with Crippen LogP contribution in [0.15, 0.2) is 0 Å². The third-order valence-corrected chi connectivity index (χ3v) is 4.97. The van der Waals surface area contributed by atoms with Crippen LogP contribution < -0.4 is 0 Å². The first kappa shape index (κ1) is 16.1. The molecule has 0 bridgehead atoms. The molecule has 0 fully saturated rings. The van der Waals surface area contributed by atoms with Gasteiger partial charge in [-0.2, -0.15) is 0 Å². The predicted octanol–water partition coefficient (Wildman–Crippen LogP) is 4.03. The maximum absolute atomic E-state index is 5.88. The summed E-state index contributed by atoms with van der Waals surface area (Å²) in [4.78, 5) is 0. The summed E-state index contributed by atoms with van der Waals surface area (Å²) in [5.41, 5.74) is 0. The Morgan fingerprint density at radius 3 is 1.75 bits per heavy atom. The maximum Gasteiger partial charge on any atom is 0.321 e. The molecule has 0 rings (SSSR count). The predicted molar refractivity (Wildman–Crippen MR) is 73.2 cm³/mol. The van der Waals surface area contributed by atoms with Gasteiger partial charge in [0.25, 0.3) is 0 Å². The quantitative estimate of drug-likeness (QED) is 0.428. The lowest BCUT2D eigenvalue weighted by Gasteiger charge is -2.21. The minimum atomic E-state index is -1.40. The van der Waals surface area contributed by atoms with Crippen molar-refractivity contribution in [3.8, 4) is 0 Å². The van der Waals surface area contributed by atoms with Gasteiger partial charge in [-0.25, -0.2) is 0 Å². The van der Waals surface area contributed by atoms with Crippen molar-refractivity contribution in [3.63, 3.8) is 0 Å². The highest BCUT2D eigenvalue weighted by atomic mass is 28.3. The molecule has 0 aromatic rings. The van der Waals surface area contributed by atoms with Crippen molar-refractivity contribution in [2.24, 2.45) is 0 Å². The lowest BCUT2D eigenvalue weighted by atomic mass is 10.2. The Hall–Kier alpha value is 0.137. The monoisotopic (exact) mass is 246 g/mol. The summed E-state index contributed by atoms with van der Waals surface area (Å²) in [5.74, 6) is 0. The molecule has 0 aromatic carbocycles. The van der Waals surface area contributed by atoms with Crippen molar-refractivity contribution >= 4 is 9.28 Å². The highest BCUT2D eigenvalue weighted by molar-refractivity contribution is 6.44. The van der Waals surface area contributed by atoms with Gasteiger partial charge in [0.05, 0.1) is 0 Å². The van der Waals surface area contributed by atoms with Gasteiger partial charge in [-0.1, -0.05) is 39.0 Å². The van der Waals surface area contributed by atoms with E-state index < -0.39 is 9.28 Å². The minimum absolute atomic E-state index is 0.311. The third kappa shape index (κ3) is 10.6. The molecule has 0 atom stereocenters. The zero-order chi connectivity index (χ0) is 12.4. The second-order valence-corrected chi connectivity index (χ2v) is 6.98. The van der Waals surface area contributed by atoms with Crippen LogP contribution >= 0.6 is 0 Å². The van der Waals surface area contributed by atoms with E-state index in [0.717, 1.165) is 0 Å². The zero-order valence-electron chi connectivity index (χ0n) is 11.8. The lowest BCUT2D eigenvalue weighted by Crippen LogP contribution is -2.29. The van der Waals surface area contributed by atoms with Crippen molar-refractivity contribution in [2.75, 3.05) is 0 Å². The van der Waals surface area contributed by atoms with E-state index in [1.807, 2.05) is 0 Å². The van der Waals surface area contributed by atoms with Gasteiger partial charge in [-0.3, -0.25) is 0 Å². The molecule has 0 aromatic heterocycles. The van der Waals surface area contributed by atoms with Crippen LogP contribution in [-0.2, 0) is 8.85 Å². The second kappa shape index (κ2) is 10.3. The third-order valence-electron chi connectivity index (χ3n) is 2.39. The topological polar surface area (TPSA) is 18.5 Å². The first-order chi connectivity index (χ1) is 7.56. The van der Waals surface area contributed by atoms with Crippen LogP contribution in [0.25, 0.3) is 0 Å². The van der Waals surface area contributed by atoms with Crippen molar-refractivity contribution in [1.29, 1.82) is 0 Å². The summed E-state index contributed by atoms with van der Waals surface area (Å²) in [6.45, 7) is 10.6. The number of hydrogen-bond acceptors (Lipinski definition) is 2. The molecule has 0 unspecified atom stereocenters. The summed E-state index contributed by atoms with van der Waals surface area (Å²) in [7, 11) is -1.40. The molecule has 98 valence electrons. The Morgan fingerprint density at radius 1 is 0.812 bits per heavy atom. The van der Waals surface area contributed by atoms with Gasteiger partial charge >= 0.3 is 9.28 Å². The standard InChI is InChI=1S/C13H30O2Si/c1-6-7-8-9-10-11-16(14-12(2)3)15-13(4)5/h12-13,16H,6-11H2,1-5H3. The van der Waals surface area contributed by atoms with Crippen molar-refractivity contribution in [3.05, 3.63) is 0 Å². The highest BCUT2D eigenvalue weighted by Crippen LogP contribution is 2.12. The molecule has 3 heteroatoms. The fourth-order valence-electron chi connectivity index (χ4n) is 1.69. The van der Waals surface area contributed by atoms with Gasteiger partial charge in [-0.15, -0.1) is 0 Å². The Balaban J connectivity index is 3.65. The van der Waals surface area contributed by atoms with E-state index in [1.165, 1.54) is 38.1 Å². The summed E-state index contributed by atoms with van der Waals surface area (Å²) in [5, 5.41) is 0. The first-order valence-corrected chi connectivity index (χ1v) is 8.63. The molecule has 0 aliphatic rings. The Labute approximate surface area is 104 Å². The average Bonchev–Trinajstić information content (AvgIpc) is 2.15. The highest BCUT2D eigenvalue weighted by Gasteiger charge is 2.16. The molecule has 0 heterocycles. The molecule has 0 N–H and O–H groups in total. The van der Waals surface area contributed by atoms with Gasteiger partial charge < -0.3 is 8.85 Å². The van der Waals surface area contributed by atoms with E-state index >= 15 is 0 Å². The Kier molecular flexibility index (Phi) is 10.4. The van der Waals surface area contributed by atoms with E-state index in [4.69, 9.17) is 8.85 Å². The number of unbranched alkanes of at least 4 members (excludes halogenated alkanes) is 4. The smallest absolute Gasteiger partial charge is 0.321 e. The van der Waals surface area contributed by atoms with Gasteiger partial charge in [0.2, 0.25) is 0 Å². The van der Waals surface area contributed by atoms with Crippen LogP contribution in [0.1, 0.15) is 66.7 Å². The number of rotatable bonds is 10. The molecule has 16 heavy (non-hydrogen) atoms. The van der Waals surface area contributed by atoms with Crippen LogP contribution in [0.4, 0.5) is 0 Å². The SMILES string of the molecule is CCCCCCC[SiH](OC(C)C)OC(C)C. The van der Waals surface area contributed by atoms with Crippen LogP contribution in [-0.4, -0.2) is 21.5 Å². The molecule has 0 saturated heterocycles. The second-order valence-electron chi connectivity index (χ2n) is 5.00. The molecule has 0 aliphatic heterocycles. The van der Waals surface area contributed by atoms with Gasteiger partial charge in [0.15, 0.2) is 0 Å². The van der Waals surface area contributed by atoms with E-state index in [0.29, 0.717) is 12.2 Å². The molecular weight excluding hydrogens is 216 g/mol. The Morgan fingerprint density at radius 2 is 1.31 bits per heavy atom. The van der Waals surface area contributed by atoms with Crippen molar-refractivity contribution < 1.29 is 8.85 Å². The molecule has 0 saturated carbocycles. The van der Waals surface area contributed by atoms with E-state index in [2.05, 4.69) is 34.6 Å². The molecule has 0 amide bonds. The maximum atomic E-state index is 5.88. The summed E-state index contributed by atoms with van der Waals surface area (Å²) >= 11 is 0. The molecule has 2 nitrogen and oxygen atoms in total. The molecule has 0 spiro atoms. The van der Waals surface area contributed by atoms with Gasteiger partial charge in [-0.05, 0) is 33.7 Å². The van der Waals surface area contributed by atoms with Crippen molar-refractivity contribution in [2.45, 2.75) is 85.0 Å². The lowest BCUT2D eigenvalue weighted by molar-refractivity contribution is 0.129. The average molecular weight is 246 g/mol. The van der Waals surface area contributed by atoms with E-state index in [9.17, 15) is 0 Å². The fraction of sp³-hybridized carbons (Fsp3) is 1.00. The summed E-state index contributed by atoms with van der Waals surface area (Å²) in [6.07, 6.45) is 7.27. The van der Waals surface area contributed by atoms with E-state index in [1.54, 1.807) is 0 Å². The molecule has 0 radical (unpaired) electrons. The van der Waals surface area contributed by atoms with Crippen LogP contribution in [0, 0.1) is 0 Å². The molecule has 0 aliphatic carbocycles. The Bertz CT molecular complexity index is 139. The summed E-state index contributed by atoms with van der Waals surface area (Å²) in [6, 6.07) is 1.17. The molecular formula is C13H30O2Si. The van der Waals surface area contributed by atoms with Crippen LogP contribution in [0.3, 0.4) is 0 Å². The number of hydrogen-bond donors (Lipinski definition) is 0. The van der Waals surface area contributed by atoms with E-state index in [-0.39, 0.29) is 0 Å². The summed E-state index contributed by atoms with van der Waals surface area (Å²) < 4.78 is 11.8. The first-order valence-electron chi connectivity index (χ1n) is 6.87. The van der Waals surface area contributed by atoms with Gasteiger partial charge in [0, 0.05) is 12.2 Å². The van der Waals surface area contributed by atoms with Crippen LogP contribution in [0.2, 0.25) is 6.04 Å². The largest absolute Gasteiger partial charge is 0.394 e. The minimum Gasteiger partial charge on any atom is -0.394 e.